The number of aryl methyl sites for hydroxylation is 1. The summed E-state index contributed by atoms with van der Waals surface area (Å²) in [5.41, 5.74) is 1.99. The summed E-state index contributed by atoms with van der Waals surface area (Å²) in [5, 5.41) is 4.02. The van der Waals surface area contributed by atoms with Crippen LogP contribution in [-0.4, -0.2) is 16.5 Å². The summed E-state index contributed by atoms with van der Waals surface area (Å²) in [5.74, 6) is 2.16. The van der Waals surface area contributed by atoms with Crippen LogP contribution in [0.2, 0.25) is 5.02 Å². The summed E-state index contributed by atoms with van der Waals surface area (Å²) in [6.07, 6.45) is 1.05. The zero-order valence-electron chi connectivity index (χ0n) is 12.6. The van der Waals surface area contributed by atoms with Crippen LogP contribution in [-0.2, 0) is 6.61 Å². The molecule has 1 N–H and O–H groups in total. The third-order valence-electron chi connectivity index (χ3n) is 3.04. The first-order valence-electron chi connectivity index (χ1n) is 7.06. The Morgan fingerprint density at radius 1 is 1.14 bits per heavy atom. The number of halogens is 1. The number of anilines is 1. The smallest absolute Gasteiger partial charge is 0.222 e. The molecular formula is C16H20ClN3O. The maximum atomic E-state index is 5.87. The Morgan fingerprint density at radius 2 is 1.86 bits per heavy atom. The molecule has 112 valence electrons. The van der Waals surface area contributed by atoms with Crippen LogP contribution in [0.1, 0.15) is 30.3 Å². The number of nitrogens with zero attached hydrogens (tertiary/aromatic N) is 2. The lowest BCUT2D eigenvalue weighted by Crippen LogP contribution is -2.08. The van der Waals surface area contributed by atoms with Crippen molar-refractivity contribution in [3.8, 4) is 5.88 Å². The van der Waals surface area contributed by atoms with Crippen molar-refractivity contribution in [1.29, 1.82) is 0 Å². The molecule has 0 atom stereocenters. The maximum Gasteiger partial charge on any atom is 0.222 e. The quantitative estimate of drug-likeness (QED) is 0.871. The van der Waals surface area contributed by atoms with Crippen LogP contribution >= 0.6 is 11.6 Å². The minimum Gasteiger partial charge on any atom is -0.472 e. The van der Waals surface area contributed by atoms with Gasteiger partial charge in [0.2, 0.25) is 5.88 Å². The highest BCUT2D eigenvalue weighted by molar-refractivity contribution is 6.30. The number of nitrogens with one attached hydrogen (secondary N) is 1. The summed E-state index contributed by atoms with van der Waals surface area (Å²) in [6, 6.07) is 7.60. The fourth-order valence-electron chi connectivity index (χ4n) is 1.89. The second-order valence-electron chi connectivity index (χ2n) is 4.89. The monoisotopic (exact) mass is 305 g/mol. The molecule has 1 heterocycles. The normalized spacial score (nSPS) is 10.5. The first-order chi connectivity index (χ1) is 10.1. The van der Waals surface area contributed by atoms with Gasteiger partial charge in [0.25, 0.3) is 0 Å². The van der Waals surface area contributed by atoms with E-state index in [-0.39, 0.29) is 0 Å². The van der Waals surface area contributed by atoms with Gasteiger partial charge in [-0.1, -0.05) is 30.7 Å². The summed E-state index contributed by atoms with van der Waals surface area (Å²) in [6.45, 7) is 7.30. The van der Waals surface area contributed by atoms with Crippen molar-refractivity contribution in [3.63, 3.8) is 0 Å². The zero-order chi connectivity index (χ0) is 15.2. The van der Waals surface area contributed by atoms with Gasteiger partial charge in [0.1, 0.15) is 18.2 Å². The van der Waals surface area contributed by atoms with Gasteiger partial charge in [-0.15, -0.1) is 0 Å². The first-order valence-corrected chi connectivity index (χ1v) is 7.44. The van der Waals surface area contributed by atoms with Crippen LogP contribution in [0.4, 0.5) is 5.82 Å². The molecule has 0 bridgehead atoms. The highest BCUT2D eigenvalue weighted by Gasteiger charge is 2.10. The number of hydrogen-bond donors (Lipinski definition) is 1. The Hall–Kier alpha value is -1.81. The van der Waals surface area contributed by atoms with Crippen molar-refractivity contribution in [2.45, 2.75) is 33.8 Å². The second kappa shape index (κ2) is 7.27. The van der Waals surface area contributed by atoms with Crippen molar-refractivity contribution in [2.75, 3.05) is 11.9 Å². The Morgan fingerprint density at radius 3 is 2.52 bits per heavy atom. The van der Waals surface area contributed by atoms with E-state index < -0.39 is 0 Å². The van der Waals surface area contributed by atoms with Gasteiger partial charge in [0, 0.05) is 11.6 Å². The third kappa shape index (κ3) is 4.33. The van der Waals surface area contributed by atoms with Gasteiger partial charge in [-0.25, -0.2) is 4.98 Å². The van der Waals surface area contributed by atoms with Gasteiger partial charge >= 0.3 is 0 Å². The molecule has 0 saturated carbocycles. The van der Waals surface area contributed by atoms with E-state index in [1.165, 1.54) is 0 Å². The molecule has 2 rings (SSSR count). The van der Waals surface area contributed by atoms with Crippen molar-refractivity contribution in [3.05, 3.63) is 46.2 Å². The van der Waals surface area contributed by atoms with Crippen molar-refractivity contribution in [2.24, 2.45) is 0 Å². The van der Waals surface area contributed by atoms with Crippen LogP contribution in [0.5, 0.6) is 5.88 Å². The number of rotatable bonds is 6. The van der Waals surface area contributed by atoms with Crippen LogP contribution < -0.4 is 10.1 Å². The molecule has 21 heavy (non-hydrogen) atoms. The predicted octanol–water partition coefficient (Wildman–Crippen LogP) is 4.15. The molecule has 0 fully saturated rings. The lowest BCUT2D eigenvalue weighted by Gasteiger charge is -2.13. The van der Waals surface area contributed by atoms with E-state index in [1.807, 2.05) is 38.1 Å². The molecule has 0 aliphatic heterocycles. The van der Waals surface area contributed by atoms with Crippen LogP contribution in [0, 0.1) is 13.8 Å². The molecule has 2 aromatic rings. The number of hydrogen-bond acceptors (Lipinski definition) is 4. The van der Waals surface area contributed by atoms with E-state index in [9.17, 15) is 0 Å². The average molecular weight is 306 g/mol. The van der Waals surface area contributed by atoms with Crippen LogP contribution in [0.15, 0.2) is 24.3 Å². The highest BCUT2D eigenvalue weighted by atomic mass is 35.5. The fourth-order valence-corrected chi connectivity index (χ4v) is 2.02. The molecule has 5 heteroatoms. The molecule has 0 spiro atoms. The fraction of sp³-hybridized carbons (Fsp3) is 0.375. The van der Waals surface area contributed by atoms with Gasteiger partial charge in [-0.2, -0.15) is 4.98 Å². The van der Waals surface area contributed by atoms with E-state index >= 15 is 0 Å². The molecule has 4 nitrogen and oxygen atoms in total. The first kappa shape index (κ1) is 15.6. The molecule has 0 unspecified atom stereocenters. The van der Waals surface area contributed by atoms with E-state index in [0.717, 1.165) is 34.9 Å². The number of ether oxygens (including phenoxy) is 1. The summed E-state index contributed by atoms with van der Waals surface area (Å²) in [4.78, 5) is 8.79. The summed E-state index contributed by atoms with van der Waals surface area (Å²) in [7, 11) is 0. The largest absolute Gasteiger partial charge is 0.472 e. The predicted molar refractivity (Wildman–Crippen MR) is 86.1 cm³/mol. The van der Waals surface area contributed by atoms with E-state index in [1.54, 1.807) is 0 Å². The van der Waals surface area contributed by atoms with Crippen molar-refractivity contribution < 1.29 is 4.74 Å². The molecule has 0 aliphatic carbocycles. The summed E-state index contributed by atoms with van der Waals surface area (Å²) < 4.78 is 5.83. The van der Waals surface area contributed by atoms with Crippen LogP contribution in [0.25, 0.3) is 0 Å². The van der Waals surface area contributed by atoms with E-state index in [0.29, 0.717) is 18.3 Å². The minimum absolute atomic E-state index is 0.460. The lowest BCUT2D eigenvalue weighted by atomic mass is 10.2. The Kier molecular flexibility index (Phi) is 5.39. The number of aromatic nitrogens is 2. The molecule has 0 saturated heterocycles. The summed E-state index contributed by atoms with van der Waals surface area (Å²) >= 11 is 5.87. The molecule has 1 aromatic carbocycles. The molecule has 1 aromatic heterocycles. The van der Waals surface area contributed by atoms with Gasteiger partial charge in [-0.05, 0) is 38.0 Å². The molecule has 0 radical (unpaired) electrons. The molecule has 0 amide bonds. The highest BCUT2D eigenvalue weighted by Crippen LogP contribution is 2.23. The topological polar surface area (TPSA) is 47.0 Å². The van der Waals surface area contributed by atoms with Crippen LogP contribution in [0.3, 0.4) is 0 Å². The minimum atomic E-state index is 0.460. The zero-order valence-corrected chi connectivity index (χ0v) is 13.4. The Balaban J connectivity index is 2.11. The second-order valence-corrected chi connectivity index (χ2v) is 5.33. The Bertz CT molecular complexity index is 599. The third-order valence-corrected chi connectivity index (χ3v) is 3.30. The lowest BCUT2D eigenvalue weighted by molar-refractivity contribution is 0.290. The standard InChI is InChI=1S/C16H20ClN3O/c1-4-9-18-15-11(2)16(20-12(3)19-15)21-10-13-5-7-14(17)8-6-13/h5-8H,4,9-10H2,1-3H3,(H,18,19,20). The van der Waals surface area contributed by atoms with Gasteiger partial charge in [-0.3, -0.25) is 0 Å². The van der Waals surface area contributed by atoms with Gasteiger partial charge < -0.3 is 10.1 Å². The molecule has 0 aliphatic rings. The van der Waals surface area contributed by atoms with Crippen molar-refractivity contribution >= 4 is 17.4 Å². The van der Waals surface area contributed by atoms with Gasteiger partial charge in [0.15, 0.2) is 0 Å². The molecular weight excluding hydrogens is 286 g/mol. The number of benzene rings is 1. The maximum absolute atomic E-state index is 5.87. The van der Waals surface area contributed by atoms with Crippen molar-refractivity contribution in [1.82, 2.24) is 9.97 Å². The Labute approximate surface area is 130 Å². The SMILES string of the molecule is CCCNc1nc(C)nc(OCc2ccc(Cl)cc2)c1C. The van der Waals surface area contributed by atoms with E-state index in [4.69, 9.17) is 16.3 Å². The average Bonchev–Trinajstić information content (AvgIpc) is 2.48. The van der Waals surface area contributed by atoms with E-state index in [2.05, 4.69) is 22.2 Å². The van der Waals surface area contributed by atoms with Gasteiger partial charge in [0.05, 0.1) is 5.56 Å².